The molecule has 0 spiro atoms. The number of amides is 1. The number of aromatic nitrogens is 1. The fraction of sp³-hybridized carbons (Fsp3) is 0.375. The normalized spacial score (nSPS) is 19.9. The smallest absolute Gasteiger partial charge is 0.265 e. The van der Waals surface area contributed by atoms with Crippen LogP contribution in [-0.2, 0) is 0 Å². The summed E-state index contributed by atoms with van der Waals surface area (Å²) in [6.07, 6.45) is 0. The zero-order chi connectivity index (χ0) is 15.0. The van der Waals surface area contributed by atoms with Crippen LogP contribution in [0.25, 0.3) is 0 Å². The molecule has 0 radical (unpaired) electrons. The van der Waals surface area contributed by atoms with Gasteiger partial charge in [0, 0.05) is 25.0 Å². The Morgan fingerprint density at radius 1 is 1.22 bits per heavy atom. The molecule has 2 atom stereocenters. The Hall–Kier alpha value is -1.14. The highest BCUT2D eigenvalue weighted by Crippen LogP contribution is 2.29. The number of carbonyl (C=O) groups is 1. The molecule has 1 aliphatic heterocycles. The maximum Gasteiger partial charge on any atom is 0.265 e. The van der Waals surface area contributed by atoms with Crippen molar-refractivity contribution < 1.29 is 4.79 Å². The van der Waals surface area contributed by atoms with Gasteiger partial charge in [-0.3, -0.25) is 4.79 Å². The Bertz CT molecular complexity index is 663. The predicted octanol–water partition coefficient (Wildman–Crippen LogP) is 3.17. The number of nitrogens with zero attached hydrogens (tertiary/aromatic N) is 2. The molecule has 2 N–H and O–H groups in total. The standard InChI is InChI=1S/C16H19N3OS.2ClH/c1-10-15(21-11(2)18-10)16(20)19-8-13(14(17)9-19)12-6-4-3-5-7-12;;/h3-7,13-14H,8-9,17H2,1-2H3;2*1H/t13-,14+;;/m0../s1. The fourth-order valence-electron chi connectivity index (χ4n) is 2.92. The average molecular weight is 374 g/mol. The predicted molar refractivity (Wildman–Crippen MR) is 99.1 cm³/mol. The molecule has 2 heterocycles. The quantitative estimate of drug-likeness (QED) is 0.879. The molecule has 4 nitrogen and oxygen atoms in total. The van der Waals surface area contributed by atoms with Gasteiger partial charge >= 0.3 is 0 Å². The molecule has 1 aromatic carbocycles. The molecule has 1 aromatic heterocycles. The molecule has 2 aromatic rings. The Morgan fingerprint density at radius 2 is 1.87 bits per heavy atom. The maximum absolute atomic E-state index is 12.6. The second kappa shape index (κ2) is 8.11. The van der Waals surface area contributed by atoms with Crippen LogP contribution in [0.3, 0.4) is 0 Å². The largest absolute Gasteiger partial charge is 0.336 e. The van der Waals surface area contributed by atoms with E-state index in [-0.39, 0.29) is 42.7 Å². The number of halogens is 2. The molecule has 1 aliphatic rings. The van der Waals surface area contributed by atoms with Crippen LogP contribution in [-0.4, -0.2) is 34.9 Å². The SMILES string of the molecule is Cc1nc(C)c(C(=O)N2C[C@@H](N)[C@H](c3ccccc3)C2)s1.Cl.Cl. The minimum Gasteiger partial charge on any atom is -0.336 e. The van der Waals surface area contributed by atoms with Gasteiger partial charge in [-0.05, 0) is 19.4 Å². The summed E-state index contributed by atoms with van der Waals surface area (Å²) in [5.74, 6) is 0.274. The summed E-state index contributed by atoms with van der Waals surface area (Å²) in [5.41, 5.74) is 8.28. The van der Waals surface area contributed by atoms with Crippen LogP contribution < -0.4 is 5.73 Å². The molecule has 23 heavy (non-hydrogen) atoms. The van der Waals surface area contributed by atoms with Gasteiger partial charge in [0.1, 0.15) is 4.88 Å². The summed E-state index contributed by atoms with van der Waals surface area (Å²) in [6.45, 7) is 5.10. The first kappa shape index (κ1) is 19.9. The molecular formula is C16H21Cl2N3OS. The topological polar surface area (TPSA) is 59.2 Å². The molecular weight excluding hydrogens is 353 g/mol. The third-order valence-electron chi connectivity index (χ3n) is 3.98. The van der Waals surface area contributed by atoms with Crippen LogP contribution in [0.15, 0.2) is 30.3 Å². The summed E-state index contributed by atoms with van der Waals surface area (Å²) in [6, 6.07) is 10.2. The molecule has 0 aliphatic carbocycles. The van der Waals surface area contributed by atoms with Crippen LogP contribution in [0.1, 0.15) is 31.9 Å². The van der Waals surface area contributed by atoms with Gasteiger partial charge in [-0.1, -0.05) is 30.3 Å². The van der Waals surface area contributed by atoms with E-state index in [2.05, 4.69) is 17.1 Å². The molecule has 7 heteroatoms. The van der Waals surface area contributed by atoms with Crippen molar-refractivity contribution in [3.05, 3.63) is 51.5 Å². The zero-order valence-corrected chi connectivity index (χ0v) is 15.5. The minimum atomic E-state index is -0.00863. The van der Waals surface area contributed by atoms with Crippen molar-refractivity contribution in [2.24, 2.45) is 5.73 Å². The zero-order valence-electron chi connectivity index (χ0n) is 13.1. The van der Waals surface area contributed by atoms with E-state index in [9.17, 15) is 4.79 Å². The fourth-order valence-corrected chi connectivity index (χ4v) is 3.81. The van der Waals surface area contributed by atoms with Crippen LogP contribution in [0.4, 0.5) is 0 Å². The van der Waals surface area contributed by atoms with E-state index < -0.39 is 0 Å². The number of carbonyl (C=O) groups excluding carboxylic acids is 1. The molecule has 0 unspecified atom stereocenters. The van der Waals surface area contributed by atoms with E-state index in [4.69, 9.17) is 5.73 Å². The lowest BCUT2D eigenvalue weighted by molar-refractivity contribution is 0.0793. The van der Waals surface area contributed by atoms with E-state index >= 15 is 0 Å². The Labute approximate surface area is 152 Å². The average Bonchev–Trinajstić information content (AvgIpc) is 3.02. The number of likely N-dealkylation sites (tertiary alicyclic amines) is 1. The highest BCUT2D eigenvalue weighted by molar-refractivity contribution is 7.13. The highest BCUT2D eigenvalue weighted by atomic mass is 35.5. The van der Waals surface area contributed by atoms with Crippen molar-refractivity contribution in [1.29, 1.82) is 0 Å². The van der Waals surface area contributed by atoms with Gasteiger partial charge in [0.2, 0.25) is 0 Å². The third kappa shape index (κ3) is 4.04. The van der Waals surface area contributed by atoms with Gasteiger partial charge in [0.15, 0.2) is 0 Å². The molecule has 1 saturated heterocycles. The molecule has 3 rings (SSSR count). The first-order valence-corrected chi connectivity index (χ1v) is 7.91. The molecule has 0 bridgehead atoms. The van der Waals surface area contributed by atoms with Crippen LogP contribution >= 0.6 is 36.2 Å². The lowest BCUT2D eigenvalue weighted by Crippen LogP contribution is -2.32. The summed E-state index contributed by atoms with van der Waals surface area (Å²) in [5, 5.41) is 0.930. The number of benzene rings is 1. The first-order valence-electron chi connectivity index (χ1n) is 7.10. The van der Waals surface area contributed by atoms with E-state index in [1.54, 1.807) is 0 Å². The molecule has 0 saturated carbocycles. The molecule has 126 valence electrons. The van der Waals surface area contributed by atoms with Crippen molar-refractivity contribution in [3.8, 4) is 0 Å². The van der Waals surface area contributed by atoms with Crippen molar-refractivity contribution >= 4 is 42.1 Å². The van der Waals surface area contributed by atoms with Crippen molar-refractivity contribution in [2.75, 3.05) is 13.1 Å². The van der Waals surface area contributed by atoms with Gasteiger partial charge < -0.3 is 10.6 Å². The van der Waals surface area contributed by atoms with Gasteiger partial charge in [-0.25, -0.2) is 4.98 Å². The Kier molecular flexibility index (Phi) is 7.02. The number of hydrogen-bond donors (Lipinski definition) is 1. The van der Waals surface area contributed by atoms with E-state index in [0.29, 0.717) is 13.1 Å². The van der Waals surface area contributed by atoms with Crippen molar-refractivity contribution in [1.82, 2.24) is 9.88 Å². The summed E-state index contributed by atoms with van der Waals surface area (Å²) in [4.78, 5) is 19.6. The maximum atomic E-state index is 12.6. The minimum absolute atomic E-state index is 0. The Morgan fingerprint density at radius 3 is 2.43 bits per heavy atom. The van der Waals surface area contributed by atoms with Gasteiger partial charge in [-0.2, -0.15) is 0 Å². The lowest BCUT2D eigenvalue weighted by atomic mass is 9.95. The molecule has 1 fully saturated rings. The van der Waals surface area contributed by atoms with E-state index in [0.717, 1.165) is 15.6 Å². The van der Waals surface area contributed by atoms with Crippen molar-refractivity contribution in [2.45, 2.75) is 25.8 Å². The van der Waals surface area contributed by atoms with Gasteiger partial charge in [-0.15, -0.1) is 36.2 Å². The number of nitrogens with two attached hydrogens (primary N) is 1. The Balaban J connectivity index is 0.00000132. The van der Waals surface area contributed by atoms with E-state index in [1.165, 1.54) is 16.9 Å². The summed E-state index contributed by atoms with van der Waals surface area (Å²) < 4.78 is 0. The molecule has 1 amide bonds. The third-order valence-corrected chi connectivity index (χ3v) is 5.04. The van der Waals surface area contributed by atoms with Gasteiger partial charge in [0.05, 0.1) is 10.7 Å². The first-order chi connectivity index (χ1) is 10.1. The van der Waals surface area contributed by atoms with Crippen LogP contribution in [0.2, 0.25) is 0 Å². The number of rotatable bonds is 2. The lowest BCUT2D eigenvalue weighted by Gasteiger charge is -2.15. The van der Waals surface area contributed by atoms with Crippen LogP contribution in [0.5, 0.6) is 0 Å². The monoisotopic (exact) mass is 373 g/mol. The number of hydrogen-bond acceptors (Lipinski definition) is 4. The summed E-state index contributed by atoms with van der Waals surface area (Å²) in [7, 11) is 0. The van der Waals surface area contributed by atoms with Gasteiger partial charge in [0.25, 0.3) is 5.91 Å². The highest BCUT2D eigenvalue weighted by Gasteiger charge is 2.35. The summed E-state index contributed by atoms with van der Waals surface area (Å²) >= 11 is 1.46. The van der Waals surface area contributed by atoms with Crippen molar-refractivity contribution in [3.63, 3.8) is 0 Å². The van der Waals surface area contributed by atoms with Crippen LogP contribution in [0, 0.1) is 13.8 Å². The second-order valence-corrected chi connectivity index (χ2v) is 6.74. The number of thiazole rings is 1. The van der Waals surface area contributed by atoms with E-state index in [1.807, 2.05) is 36.9 Å². The number of aryl methyl sites for hydroxylation is 2. The second-order valence-electron chi connectivity index (χ2n) is 5.54.